The van der Waals surface area contributed by atoms with Gasteiger partial charge in [0.25, 0.3) is 0 Å². The van der Waals surface area contributed by atoms with Gasteiger partial charge < -0.3 is 5.73 Å². The van der Waals surface area contributed by atoms with Gasteiger partial charge in [0, 0.05) is 5.41 Å². The SMILES string of the molecule is CCCCCC(C)(CCCC)C(N)=O. The molecule has 0 heterocycles. The molecule has 2 N–H and O–H groups in total. The highest BCUT2D eigenvalue weighted by Gasteiger charge is 2.29. The van der Waals surface area contributed by atoms with Crippen molar-refractivity contribution in [3.63, 3.8) is 0 Å². The largest absolute Gasteiger partial charge is 0.369 e. The summed E-state index contributed by atoms with van der Waals surface area (Å²) >= 11 is 0. The zero-order valence-corrected chi connectivity index (χ0v) is 9.94. The van der Waals surface area contributed by atoms with Crippen molar-refractivity contribution in [2.75, 3.05) is 0 Å². The van der Waals surface area contributed by atoms with Gasteiger partial charge in [-0.25, -0.2) is 0 Å². The van der Waals surface area contributed by atoms with Crippen molar-refractivity contribution in [1.82, 2.24) is 0 Å². The number of carbonyl (C=O) groups excluding carboxylic acids is 1. The maximum absolute atomic E-state index is 11.3. The third-order valence-corrected chi connectivity index (χ3v) is 3.01. The Bertz CT molecular complexity index is 168. The Hall–Kier alpha value is -0.530. The van der Waals surface area contributed by atoms with Crippen molar-refractivity contribution in [3.05, 3.63) is 0 Å². The lowest BCUT2D eigenvalue weighted by molar-refractivity contribution is -0.127. The summed E-state index contributed by atoms with van der Waals surface area (Å²) in [6, 6.07) is 0. The standard InChI is InChI=1S/C12H25NO/c1-4-6-8-10-12(3,11(13)14)9-7-5-2/h4-10H2,1-3H3,(H2,13,14). The minimum atomic E-state index is -0.259. The molecule has 0 aliphatic heterocycles. The molecule has 0 radical (unpaired) electrons. The van der Waals surface area contributed by atoms with Gasteiger partial charge in [-0.2, -0.15) is 0 Å². The van der Waals surface area contributed by atoms with Crippen LogP contribution < -0.4 is 5.73 Å². The van der Waals surface area contributed by atoms with Crippen LogP contribution in [0.5, 0.6) is 0 Å². The summed E-state index contributed by atoms with van der Waals surface area (Å²) in [7, 11) is 0. The predicted molar refractivity (Wildman–Crippen MR) is 61.0 cm³/mol. The molecule has 0 saturated carbocycles. The van der Waals surface area contributed by atoms with Gasteiger partial charge in [0.05, 0.1) is 0 Å². The molecule has 0 aromatic heterocycles. The molecule has 0 fully saturated rings. The number of unbranched alkanes of at least 4 members (excludes halogenated alkanes) is 3. The molecule has 0 aliphatic carbocycles. The Labute approximate surface area is 88.3 Å². The van der Waals surface area contributed by atoms with E-state index in [-0.39, 0.29) is 11.3 Å². The number of rotatable bonds is 8. The van der Waals surface area contributed by atoms with Gasteiger partial charge in [-0.05, 0) is 12.8 Å². The summed E-state index contributed by atoms with van der Waals surface area (Å²) in [4.78, 5) is 11.3. The fraction of sp³-hybridized carbons (Fsp3) is 0.917. The lowest BCUT2D eigenvalue weighted by Crippen LogP contribution is -2.34. The van der Waals surface area contributed by atoms with Gasteiger partial charge >= 0.3 is 0 Å². The first-order valence-electron chi connectivity index (χ1n) is 5.86. The first-order valence-corrected chi connectivity index (χ1v) is 5.86. The summed E-state index contributed by atoms with van der Waals surface area (Å²) in [6.07, 6.45) is 7.66. The molecule has 2 heteroatoms. The van der Waals surface area contributed by atoms with Crippen molar-refractivity contribution >= 4 is 5.91 Å². The lowest BCUT2D eigenvalue weighted by Gasteiger charge is -2.25. The van der Waals surface area contributed by atoms with Crippen LogP contribution in [-0.2, 0) is 4.79 Å². The molecule has 0 rings (SSSR count). The Morgan fingerprint density at radius 3 is 2.00 bits per heavy atom. The van der Waals surface area contributed by atoms with Crippen LogP contribution in [0, 0.1) is 5.41 Å². The van der Waals surface area contributed by atoms with E-state index in [0.717, 1.165) is 32.1 Å². The molecule has 0 bridgehead atoms. The van der Waals surface area contributed by atoms with Crippen molar-refractivity contribution in [3.8, 4) is 0 Å². The van der Waals surface area contributed by atoms with Gasteiger partial charge in [0.1, 0.15) is 0 Å². The first kappa shape index (κ1) is 13.5. The monoisotopic (exact) mass is 199 g/mol. The number of primary amides is 1. The van der Waals surface area contributed by atoms with E-state index in [1.165, 1.54) is 12.8 Å². The van der Waals surface area contributed by atoms with E-state index in [0.29, 0.717) is 0 Å². The van der Waals surface area contributed by atoms with E-state index in [2.05, 4.69) is 13.8 Å². The van der Waals surface area contributed by atoms with Crippen molar-refractivity contribution < 1.29 is 4.79 Å². The molecule has 0 aliphatic rings. The van der Waals surface area contributed by atoms with Crippen LogP contribution in [0.15, 0.2) is 0 Å². The third-order valence-electron chi connectivity index (χ3n) is 3.01. The minimum Gasteiger partial charge on any atom is -0.369 e. The molecule has 0 saturated heterocycles. The van der Waals surface area contributed by atoms with Gasteiger partial charge in [0.2, 0.25) is 5.91 Å². The normalized spacial score (nSPS) is 15.1. The number of carbonyl (C=O) groups is 1. The number of hydrogen-bond acceptors (Lipinski definition) is 1. The zero-order chi connectivity index (χ0) is 11.0. The maximum atomic E-state index is 11.3. The second-order valence-corrected chi connectivity index (χ2v) is 4.49. The quantitative estimate of drug-likeness (QED) is 0.599. The number of hydrogen-bond donors (Lipinski definition) is 1. The topological polar surface area (TPSA) is 43.1 Å². The van der Waals surface area contributed by atoms with Crippen molar-refractivity contribution in [2.45, 2.75) is 65.7 Å². The van der Waals surface area contributed by atoms with Crippen molar-refractivity contribution in [2.24, 2.45) is 11.1 Å². The molecule has 0 aromatic rings. The summed E-state index contributed by atoms with van der Waals surface area (Å²) in [6.45, 7) is 6.34. The highest BCUT2D eigenvalue weighted by Crippen LogP contribution is 2.30. The molecule has 2 nitrogen and oxygen atoms in total. The van der Waals surface area contributed by atoms with E-state index in [4.69, 9.17) is 5.73 Å². The van der Waals surface area contributed by atoms with Crippen LogP contribution in [0.2, 0.25) is 0 Å². The highest BCUT2D eigenvalue weighted by molar-refractivity contribution is 5.80. The maximum Gasteiger partial charge on any atom is 0.223 e. The number of amides is 1. The molecule has 1 atom stereocenters. The van der Waals surface area contributed by atoms with Gasteiger partial charge in [-0.3, -0.25) is 4.79 Å². The second kappa shape index (κ2) is 6.86. The molecule has 1 amide bonds. The van der Waals surface area contributed by atoms with Crippen molar-refractivity contribution in [1.29, 1.82) is 0 Å². The van der Waals surface area contributed by atoms with E-state index in [1.54, 1.807) is 0 Å². The minimum absolute atomic E-state index is 0.123. The van der Waals surface area contributed by atoms with E-state index >= 15 is 0 Å². The summed E-state index contributed by atoms with van der Waals surface area (Å²) in [5.74, 6) is -0.123. The fourth-order valence-corrected chi connectivity index (χ4v) is 1.70. The highest BCUT2D eigenvalue weighted by atomic mass is 16.1. The Morgan fingerprint density at radius 1 is 1.07 bits per heavy atom. The molecular weight excluding hydrogens is 174 g/mol. The molecular formula is C12H25NO. The van der Waals surface area contributed by atoms with Crippen LogP contribution in [0.1, 0.15) is 65.7 Å². The lowest BCUT2D eigenvalue weighted by atomic mass is 9.79. The summed E-state index contributed by atoms with van der Waals surface area (Å²) < 4.78 is 0. The smallest absolute Gasteiger partial charge is 0.223 e. The average Bonchev–Trinajstić information content (AvgIpc) is 2.15. The average molecular weight is 199 g/mol. The molecule has 14 heavy (non-hydrogen) atoms. The first-order chi connectivity index (χ1) is 6.56. The third kappa shape index (κ3) is 4.64. The molecule has 0 aromatic carbocycles. The van der Waals surface area contributed by atoms with Crippen LogP contribution in [-0.4, -0.2) is 5.91 Å². The Kier molecular flexibility index (Phi) is 6.60. The van der Waals surface area contributed by atoms with E-state index in [9.17, 15) is 4.79 Å². The van der Waals surface area contributed by atoms with E-state index < -0.39 is 0 Å². The summed E-state index contributed by atoms with van der Waals surface area (Å²) in [5.41, 5.74) is 5.20. The van der Waals surface area contributed by atoms with E-state index in [1.807, 2.05) is 6.92 Å². The molecule has 84 valence electrons. The van der Waals surface area contributed by atoms with Crippen LogP contribution >= 0.6 is 0 Å². The van der Waals surface area contributed by atoms with Gasteiger partial charge in [-0.1, -0.05) is 52.9 Å². The van der Waals surface area contributed by atoms with Crippen LogP contribution in [0.25, 0.3) is 0 Å². The van der Waals surface area contributed by atoms with Crippen LogP contribution in [0.3, 0.4) is 0 Å². The fourth-order valence-electron chi connectivity index (χ4n) is 1.70. The Balaban J connectivity index is 4.03. The van der Waals surface area contributed by atoms with Gasteiger partial charge in [0.15, 0.2) is 0 Å². The molecule has 1 unspecified atom stereocenters. The number of nitrogens with two attached hydrogens (primary N) is 1. The van der Waals surface area contributed by atoms with Crippen LogP contribution in [0.4, 0.5) is 0 Å². The molecule has 0 spiro atoms. The van der Waals surface area contributed by atoms with Gasteiger partial charge in [-0.15, -0.1) is 0 Å². The second-order valence-electron chi connectivity index (χ2n) is 4.49. The summed E-state index contributed by atoms with van der Waals surface area (Å²) in [5, 5.41) is 0. The Morgan fingerprint density at radius 2 is 1.57 bits per heavy atom. The predicted octanol–water partition coefficient (Wildman–Crippen LogP) is 3.25. The zero-order valence-electron chi connectivity index (χ0n) is 9.94.